The predicted molar refractivity (Wildman–Crippen MR) is 122 cm³/mol. The van der Waals surface area contributed by atoms with Gasteiger partial charge in [0.15, 0.2) is 18.1 Å². The van der Waals surface area contributed by atoms with Crippen LogP contribution in [0.15, 0.2) is 66.7 Å². The van der Waals surface area contributed by atoms with Crippen molar-refractivity contribution in [2.24, 2.45) is 0 Å². The molecule has 0 fully saturated rings. The Morgan fingerprint density at radius 3 is 2.55 bits per heavy atom. The normalized spacial score (nSPS) is 12.8. The summed E-state index contributed by atoms with van der Waals surface area (Å²) >= 11 is 0. The Kier molecular flexibility index (Phi) is 6.49. The van der Waals surface area contributed by atoms with Gasteiger partial charge in [0.2, 0.25) is 6.79 Å². The first-order valence-electron chi connectivity index (χ1n) is 10.6. The summed E-state index contributed by atoms with van der Waals surface area (Å²) in [7, 11) is 0. The molecular formula is C26H25NO6. The van der Waals surface area contributed by atoms with Crippen LogP contribution < -0.4 is 14.2 Å². The number of carboxylic acid groups (broad SMARTS) is 1. The number of hydrogen-bond donors (Lipinski definition) is 1. The highest BCUT2D eigenvalue weighted by Crippen LogP contribution is 2.33. The zero-order valence-electron chi connectivity index (χ0n) is 18.5. The largest absolute Gasteiger partial charge is 0.483 e. The van der Waals surface area contributed by atoms with Gasteiger partial charge in [0, 0.05) is 6.54 Å². The number of amides is 1. The minimum atomic E-state index is -1.10. The van der Waals surface area contributed by atoms with Gasteiger partial charge in [-0.15, -0.1) is 0 Å². The van der Waals surface area contributed by atoms with Crippen LogP contribution in [0.2, 0.25) is 0 Å². The van der Waals surface area contributed by atoms with Crippen molar-refractivity contribution in [1.82, 2.24) is 4.90 Å². The first-order valence-corrected chi connectivity index (χ1v) is 10.6. The molecule has 0 spiro atoms. The smallest absolute Gasteiger partial charge is 0.339 e. The van der Waals surface area contributed by atoms with Gasteiger partial charge >= 0.3 is 5.97 Å². The van der Waals surface area contributed by atoms with Crippen LogP contribution in [-0.2, 0) is 11.3 Å². The number of benzene rings is 3. The number of carbonyl (C=O) groups is 2. The maximum atomic E-state index is 13.3. The van der Waals surface area contributed by atoms with Crippen LogP contribution in [0.5, 0.6) is 17.2 Å². The zero-order valence-corrected chi connectivity index (χ0v) is 18.5. The lowest BCUT2D eigenvalue weighted by Gasteiger charge is -2.30. The maximum Gasteiger partial charge on any atom is 0.339 e. The Morgan fingerprint density at radius 2 is 1.79 bits per heavy atom. The van der Waals surface area contributed by atoms with Crippen molar-refractivity contribution in [1.29, 1.82) is 0 Å². The fourth-order valence-corrected chi connectivity index (χ4v) is 3.74. The third-order valence-corrected chi connectivity index (χ3v) is 5.58. The van der Waals surface area contributed by atoms with Gasteiger partial charge in [0.1, 0.15) is 11.3 Å². The van der Waals surface area contributed by atoms with E-state index in [1.54, 1.807) is 17.0 Å². The molecule has 1 atom stereocenters. The van der Waals surface area contributed by atoms with E-state index in [0.29, 0.717) is 18.0 Å². The summed E-state index contributed by atoms with van der Waals surface area (Å²) in [5.41, 5.74) is 2.73. The summed E-state index contributed by atoms with van der Waals surface area (Å²) in [6.45, 7) is 4.01. The fourth-order valence-electron chi connectivity index (χ4n) is 3.74. The van der Waals surface area contributed by atoms with E-state index in [-0.39, 0.29) is 36.7 Å². The van der Waals surface area contributed by atoms with Crippen LogP contribution in [-0.4, -0.2) is 35.3 Å². The summed E-state index contributed by atoms with van der Waals surface area (Å²) < 4.78 is 16.6. The molecule has 0 saturated carbocycles. The Morgan fingerprint density at radius 1 is 1.03 bits per heavy atom. The molecule has 33 heavy (non-hydrogen) atoms. The Labute approximate surface area is 192 Å². The summed E-state index contributed by atoms with van der Waals surface area (Å²) in [5.74, 6) is 0.131. The van der Waals surface area contributed by atoms with Crippen LogP contribution in [0.25, 0.3) is 0 Å². The predicted octanol–water partition coefficient (Wildman–Crippen LogP) is 4.59. The summed E-state index contributed by atoms with van der Waals surface area (Å²) in [6, 6.07) is 19.9. The van der Waals surface area contributed by atoms with Gasteiger partial charge in [0.25, 0.3) is 5.91 Å². The molecule has 1 amide bonds. The molecule has 3 aromatic carbocycles. The summed E-state index contributed by atoms with van der Waals surface area (Å²) in [4.78, 5) is 26.6. The number of rotatable bonds is 8. The average Bonchev–Trinajstić information content (AvgIpc) is 3.29. The zero-order chi connectivity index (χ0) is 23.4. The van der Waals surface area contributed by atoms with E-state index in [2.05, 4.69) is 0 Å². The third kappa shape index (κ3) is 5.09. The van der Waals surface area contributed by atoms with Crippen molar-refractivity contribution in [3.63, 3.8) is 0 Å². The Bertz CT molecular complexity index is 1160. The number of fused-ring (bicyclic) bond motifs is 1. The van der Waals surface area contributed by atoms with Crippen LogP contribution in [0.4, 0.5) is 0 Å². The second kappa shape index (κ2) is 9.65. The van der Waals surface area contributed by atoms with Gasteiger partial charge in [0.05, 0.1) is 6.04 Å². The standard InChI is InChI=1S/C26H25NO6/c1-17-8-10-21(26(29)30)23(12-17)31-15-25(28)27(18(2)20-6-4-3-5-7-20)14-19-9-11-22-24(13-19)33-16-32-22/h3-13,18H,14-16H2,1-2H3,(H,29,30)/t18-/m1/s1. The molecule has 0 aromatic heterocycles. The molecule has 4 rings (SSSR count). The van der Waals surface area contributed by atoms with E-state index in [4.69, 9.17) is 14.2 Å². The first kappa shape index (κ1) is 22.2. The Hall–Kier alpha value is -4.00. The number of nitrogens with zero attached hydrogens (tertiary/aromatic N) is 1. The van der Waals surface area contributed by atoms with Crippen LogP contribution in [0.3, 0.4) is 0 Å². The Balaban J connectivity index is 1.57. The van der Waals surface area contributed by atoms with Crippen LogP contribution in [0.1, 0.15) is 40.0 Å². The van der Waals surface area contributed by atoms with Crippen molar-refractivity contribution in [3.05, 3.63) is 89.0 Å². The van der Waals surface area contributed by atoms with Gasteiger partial charge in [-0.1, -0.05) is 42.5 Å². The van der Waals surface area contributed by atoms with E-state index in [1.807, 2.05) is 62.4 Å². The second-order valence-corrected chi connectivity index (χ2v) is 7.89. The average molecular weight is 447 g/mol. The third-order valence-electron chi connectivity index (χ3n) is 5.58. The molecule has 0 aliphatic carbocycles. The minimum Gasteiger partial charge on any atom is -0.483 e. The van der Waals surface area contributed by atoms with E-state index < -0.39 is 5.97 Å². The van der Waals surface area contributed by atoms with Crippen molar-refractivity contribution in [2.75, 3.05) is 13.4 Å². The van der Waals surface area contributed by atoms with Gasteiger partial charge in [-0.25, -0.2) is 4.79 Å². The highest BCUT2D eigenvalue weighted by molar-refractivity contribution is 5.91. The van der Waals surface area contributed by atoms with Gasteiger partial charge in [-0.05, 0) is 54.8 Å². The maximum absolute atomic E-state index is 13.3. The summed E-state index contributed by atoms with van der Waals surface area (Å²) in [6.07, 6.45) is 0. The number of aromatic carboxylic acids is 1. The summed E-state index contributed by atoms with van der Waals surface area (Å²) in [5, 5.41) is 9.44. The molecule has 3 aromatic rings. The molecule has 0 radical (unpaired) electrons. The molecule has 0 saturated heterocycles. The molecule has 1 heterocycles. The van der Waals surface area contributed by atoms with Gasteiger partial charge in [-0.3, -0.25) is 4.79 Å². The lowest BCUT2D eigenvalue weighted by molar-refractivity contribution is -0.136. The molecule has 1 aliphatic rings. The van der Waals surface area contributed by atoms with Crippen LogP contribution in [0, 0.1) is 6.92 Å². The molecule has 0 unspecified atom stereocenters. The van der Waals surface area contributed by atoms with Crippen molar-refractivity contribution >= 4 is 11.9 Å². The van der Waals surface area contributed by atoms with Crippen molar-refractivity contribution < 1.29 is 28.9 Å². The number of aryl methyl sites for hydroxylation is 1. The minimum absolute atomic E-state index is 0.0202. The van der Waals surface area contributed by atoms with E-state index in [9.17, 15) is 14.7 Å². The SMILES string of the molecule is Cc1ccc(C(=O)O)c(OCC(=O)N(Cc2ccc3c(c2)OCO3)[C@H](C)c2ccccc2)c1. The highest BCUT2D eigenvalue weighted by atomic mass is 16.7. The molecular weight excluding hydrogens is 422 g/mol. The molecule has 1 N–H and O–H groups in total. The molecule has 1 aliphatic heterocycles. The fraction of sp³-hybridized carbons (Fsp3) is 0.231. The number of carbonyl (C=O) groups excluding carboxylic acids is 1. The van der Waals surface area contributed by atoms with Gasteiger partial charge in [-0.2, -0.15) is 0 Å². The first-order chi connectivity index (χ1) is 15.9. The van der Waals surface area contributed by atoms with E-state index in [0.717, 1.165) is 16.7 Å². The molecule has 170 valence electrons. The lowest BCUT2D eigenvalue weighted by atomic mass is 10.1. The van der Waals surface area contributed by atoms with Crippen molar-refractivity contribution in [3.8, 4) is 17.2 Å². The van der Waals surface area contributed by atoms with Crippen LogP contribution >= 0.6 is 0 Å². The van der Waals surface area contributed by atoms with Gasteiger partial charge < -0.3 is 24.2 Å². The van der Waals surface area contributed by atoms with Crippen molar-refractivity contribution in [2.45, 2.75) is 26.4 Å². The van der Waals surface area contributed by atoms with E-state index in [1.165, 1.54) is 6.07 Å². The number of hydrogen-bond acceptors (Lipinski definition) is 5. The molecule has 7 nitrogen and oxygen atoms in total. The molecule has 0 bridgehead atoms. The lowest BCUT2D eigenvalue weighted by Crippen LogP contribution is -2.36. The second-order valence-electron chi connectivity index (χ2n) is 7.89. The molecule has 7 heteroatoms. The highest BCUT2D eigenvalue weighted by Gasteiger charge is 2.24. The quantitative estimate of drug-likeness (QED) is 0.544. The number of carboxylic acids is 1. The number of ether oxygens (including phenoxy) is 3. The van der Waals surface area contributed by atoms with E-state index >= 15 is 0 Å². The topological polar surface area (TPSA) is 85.3 Å². The monoisotopic (exact) mass is 447 g/mol.